The van der Waals surface area contributed by atoms with Gasteiger partial charge in [0.05, 0.1) is 4.92 Å². The molecule has 0 atom stereocenters. The fourth-order valence-electron chi connectivity index (χ4n) is 1.41. The minimum Gasteiger partial charge on any atom is -0.347 e. The van der Waals surface area contributed by atoms with Gasteiger partial charge < -0.3 is 5.32 Å². The van der Waals surface area contributed by atoms with Crippen LogP contribution in [0, 0.1) is 10.1 Å². The Morgan fingerprint density at radius 3 is 2.39 bits per heavy atom. The van der Waals surface area contributed by atoms with Crippen molar-refractivity contribution in [3.63, 3.8) is 0 Å². The number of halogens is 1. The fraction of sp³-hybridized carbons (Fsp3) is 0.417. The normalized spacial score (nSPS) is 11.1. The van der Waals surface area contributed by atoms with Gasteiger partial charge in [-0.15, -0.1) is 11.6 Å². The van der Waals surface area contributed by atoms with E-state index < -0.39 is 10.5 Å². The quantitative estimate of drug-likeness (QED) is 0.508. The van der Waals surface area contributed by atoms with Crippen molar-refractivity contribution in [2.24, 2.45) is 0 Å². The number of benzene rings is 1. The summed E-state index contributed by atoms with van der Waals surface area (Å²) in [5.41, 5.74) is -0.0459. The second-order valence-electron chi connectivity index (χ2n) is 4.58. The summed E-state index contributed by atoms with van der Waals surface area (Å²) in [6, 6.07) is 5.49. The predicted octanol–water partition coefficient (Wildman–Crippen LogP) is 2.73. The van der Waals surface area contributed by atoms with Crippen molar-refractivity contribution in [3.8, 4) is 0 Å². The summed E-state index contributed by atoms with van der Waals surface area (Å²) >= 11 is 5.64. The number of rotatable bonds is 5. The van der Waals surface area contributed by atoms with E-state index in [1.54, 1.807) is 0 Å². The standard InChI is InChI=1S/C12H15ClN2O3/c1-12(2,7-8-13)14-11(16)9-3-5-10(6-4-9)15(17)18/h3-6H,7-8H2,1-2H3,(H,14,16). The van der Waals surface area contributed by atoms with Gasteiger partial charge in [0.15, 0.2) is 0 Å². The molecule has 0 aromatic heterocycles. The minimum absolute atomic E-state index is 0.0356. The highest BCUT2D eigenvalue weighted by Crippen LogP contribution is 2.14. The number of alkyl halides is 1. The minimum atomic E-state index is -0.501. The van der Waals surface area contributed by atoms with Gasteiger partial charge in [0, 0.05) is 29.1 Å². The number of hydrogen-bond donors (Lipinski definition) is 1. The van der Waals surface area contributed by atoms with Crippen molar-refractivity contribution in [2.75, 3.05) is 5.88 Å². The van der Waals surface area contributed by atoms with Gasteiger partial charge in [-0.3, -0.25) is 14.9 Å². The van der Waals surface area contributed by atoms with Crippen LogP contribution in [0.25, 0.3) is 0 Å². The molecule has 0 aliphatic carbocycles. The second kappa shape index (κ2) is 5.82. The first-order valence-electron chi connectivity index (χ1n) is 5.49. The Morgan fingerprint density at radius 2 is 1.94 bits per heavy atom. The number of nitrogens with zero attached hydrogens (tertiary/aromatic N) is 1. The molecule has 0 bridgehead atoms. The molecule has 0 aliphatic heterocycles. The molecule has 0 saturated carbocycles. The Hall–Kier alpha value is -1.62. The average Bonchev–Trinajstić information content (AvgIpc) is 2.28. The zero-order valence-corrected chi connectivity index (χ0v) is 11.0. The van der Waals surface area contributed by atoms with Gasteiger partial charge in [-0.25, -0.2) is 0 Å². The molecule has 1 amide bonds. The molecular weight excluding hydrogens is 256 g/mol. The van der Waals surface area contributed by atoms with Crippen LogP contribution in [-0.4, -0.2) is 22.2 Å². The van der Waals surface area contributed by atoms with Crippen molar-refractivity contribution in [1.29, 1.82) is 0 Å². The van der Waals surface area contributed by atoms with E-state index in [1.807, 2.05) is 13.8 Å². The summed E-state index contributed by atoms with van der Waals surface area (Å²) in [5.74, 6) is 0.188. The molecule has 0 unspecified atom stereocenters. The zero-order chi connectivity index (χ0) is 13.8. The summed E-state index contributed by atoms with van der Waals surface area (Å²) in [7, 11) is 0. The maximum atomic E-state index is 11.9. The van der Waals surface area contributed by atoms with Gasteiger partial charge in [0.25, 0.3) is 11.6 Å². The van der Waals surface area contributed by atoms with Crippen LogP contribution >= 0.6 is 11.6 Å². The van der Waals surface area contributed by atoms with Gasteiger partial charge in [-0.1, -0.05) is 0 Å². The number of nitro benzene ring substituents is 1. The van der Waals surface area contributed by atoms with Gasteiger partial charge in [0.1, 0.15) is 0 Å². The molecule has 6 heteroatoms. The molecule has 0 heterocycles. The van der Waals surface area contributed by atoms with E-state index in [4.69, 9.17) is 11.6 Å². The summed E-state index contributed by atoms with van der Waals surface area (Å²) in [6.07, 6.45) is 0.646. The van der Waals surface area contributed by atoms with E-state index in [1.165, 1.54) is 24.3 Å². The molecule has 98 valence electrons. The monoisotopic (exact) mass is 270 g/mol. The first kappa shape index (κ1) is 14.4. The van der Waals surface area contributed by atoms with E-state index in [9.17, 15) is 14.9 Å². The third-order valence-electron chi connectivity index (χ3n) is 2.51. The van der Waals surface area contributed by atoms with Crippen molar-refractivity contribution in [1.82, 2.24) is 5.32 Å². The molecule has 0 spiro atoms. The summed E-state index contributed by atoms with van der Waals surface area (Å²) in [4.78, 5) is 21.9. The van der Waals surface area contributed by atoms with E-state index in [0.717, 1.165) is 0 Å². The van der Waals surface area contributed by atoms with Gasteiger partial charge >= 0.3 is 0 Å². The highest BCUT2D eigenvalue weighted by Gasteiger charge is 2.20. The molecule has 0 fully saturated rings. The fourth-order valence-corrected chi connectivity index (χ4v) is 1.89. The van der Waals surface area contributed by atoms with E-state index in [2.05, 4.69) is 5.32 Å². The lowest BCUT2D eigenvalue weighted by molar-refractivity contribution is -0.384. The molecule has 0 radical (unpaired) electrons. The Morgan fingerprint density at radius 1 is 1.39 bits per heavy atom. The summed E-state index contributed by atoms with van der Waals surface area (Å²) in [5, 5.41) is 13.3. The number of carbonyl (C=O) groups is 1. The number of nitrogens with one attached hydrogen (secondary N) is 1. The number of nitro groups is 1. The molecule has 0 aliphatic rings. The molecule has 5 nitrogen and oxygen atoms in total. The van der Waals surface area contributed by atoms with Crippen molar-refractivity contribution >= 4 is 23.2 Å². The van der Waals surface area contributed by atoms with Crippen LogP contribution in [0.1, 0.15) is 30.6 Å². The summed E-state index contributed by atoms with van der Waals surface area (Å²) < 4.78 is 0. The molecular formula is C12H15ClN2O3. The SMILES string of the molecule is CC(C)(CCCl)NC(=O)c1ccc([N+](=O)[O-])cc1. The smallest absolute Gasteiger partial charge is 0.269 e. The van der Waals surface area contributed by atoms with E-state index >= 15 is 0 Å². The van der Waals surface area contributed by atoms with Crippen LogP contribution < -0.4 is 5.32 Å². The van der Waals surface area contributed by atoms with Crippen LogP contribution in [0.5, 0.6) is 0 Å². The van der Waals surface area contributed by atoms with Crippen LogP contribution in [0.3, 0.4) is 0 Å². The van der Waals surface area contributed by atoms with Crippen LogP contribution in [0.15, 0.2) is 24.3 Å². The Bertz CT molecular complexity index is 443. The second-order valence-corrected chi connectivity index (χ2v) is 4.96. The van der Waals surface area contributed by atoms with Gasteiger partial charge in [-0.05, 0) is 32.4 Å². The lowest BCUT2D eigenvalue weighted by Crippen LogP contribution is -2.43. The molecule has 1 rings (SSSR count). The number of amides is 1. The van der Waals surface area contributed by atoms with Gasteiger partial charge in [0.2, 0.25) is 0 Å². The van der Waals surface area contributed by atoms with Crippen LogP contribution in [-0.2, 0) is 0 Å². The highest BCUT2D eigenvalue weighted by atomic mass is 35.5. The number of non-ortho nitro benzene ring substituents is 1. The lowest BCUT2D eigenvalue weighted by atomic mass is 10.0. The molecule has 1 aromatic rings. The third kappa shape index (κ3) is 4.00. The van der Waals surface area contributed by atoms with Crippen molar-refractivity contribution in [3.05, 3.63) is 39.9 Å². The van der Waals surface area contributed by atoms with Crippen LogP contribution in [0.2, 0.25) is 0 Å². The Labute approximate surface area is 110 Å². The molecule has 1 N–H and O–H groups in total. The Kier molecular flexibility index (Phi) is 4.67. The van der Waals surface area contributed by atoms with Gasteiger partial charge in [-0.2, -0.15) is 0 Å². The lowest BCUT2D eigenvalue weighted by Gasteiger charge is -2.25. The predicted molar refractivity (Wildman–Crippen MR) is 70.0 cm³/mol. The first-order valence-corrected chi connectivity index (χ1v) is 6.02. The van der Waals surface area contributed by atoms with Crippen molar-refractivity contribution in [2.45, 2.75) is 25.8 Å². The maximum Gasteiger partial charge on any atom is 0.269 e. The third-order valence-corrected chi connectivity index (χ3v) is 2.70. The first-order chi connectivity index (χ1) is 8.35. The maximum absolute atomic E-state index is 11.9. The van der Waals surface area contributed by atoms with Crippen LogP contribution in [0.4, 0.5) is 5.69 Å². The molecule has 0 saturated heterocycles. The highest BCUT2D eigenvalue weighted by molar-refractivity contribution is 6.17. The largest absolute Gasteiger partial charge is 0.347 e. The van der Waals surface area contributed by atoms with Crippen molar-refractivity contribution < 1.29 is 9.72 Å². The number of hydrogen-bond acceptors (Lipinski definition) is 3. The zero-order valence-electron chi connectivity index (χ0n) is 10.3. The van der Waals surface area contributed by atoms with E-state index in [-0.39, 0.29) is 11.6 Å². The number of carbonyl (C=O) groups excluding carboxylic acids is 1. The Balaban J connectivity index is 2.76. The topological polar surface area (TPSA) is 72.2 Å². The van der Waals surface area contributed by atoms with E-state index in [0.29, 0.717) is 17.9 Å². The average molecular weight is 271 g/mol. The molecule has 18 heavy (non-hydrogen) atoms. The summed E-state index contributed by atoms with van der Waals surface area (Å²) in [6.45, 7) is 3.75. The molecule has 1 aromatic carbocycles.